The zero-order chi connectivity index (χ0) is 24.0. The van der Waals surface area contributed by atoms with E-state index in [1.165, 1.54) is 16.8 Å². The number of rotatable bonds is 10. The molecule has 8 heteroatoms. The quantitative estimate of drug-likeness (QED) is 0.447. The number of hydrogen-bond acceptors (Lipinski definition) is 6. The minimum atomic E-state index is -1.63. The number of aliphatic hydroxyl groups is 1. The Morgan fingerprint density at radius 2 is 1.68 bits per heavy atom. The largest absolute Gasteiger partial charge is 0.382 e. The lowest BCUT2D eigenvalue weighted by atomic mass is 9.90. The van der Waals surface area contributed by atoms with Gasteiger partial charge in [-0.1, -0.05) is 66.7 Å². The van der Waals surface area contributed by atoms with E-state index in [9.17, 15) is 14.7 Å². The average Bonchev–Trinajstić information content (AvgIpc) is 3.10. The van der Waals surface area contributed by atoms with Crippen molar-refractivity contribution in [2.24, 2.45) is 0 Å². The Morgan fingerprint density at radius 1 is 1.03 bits per heavy atom. The standard InChI is InChI=1S/C26H28N2O6/c1-2-14-26(31)23(33-17-20-11-7-4-8-12-20)21(18-32-16-19-9-5-3-6-10-19)34-24(26)28-15-13-22(29)27-25(28)30/h2-13,15,21,23-24,31H,1,14,16-18H2,(H,27,29,30)/t21-,23-,24-,26-/m1/s1. The lowest BCUT2D eigenvalue weighted by Gasteiger charge is -2.33. The molecule has 2 heterocycles. The second-order valence-corrected chi connectivity index (χ2v) is 8.25. The van der Waals surface area contributed by atoms with E-state index in [2.05, 4.69) is 11.6 Å². The monoisotopic (exact) mass is 464 g/mol. The van der Waals surface area contributed by atoms with Crippen LogP contribution in [0.5, 0.6) is 0 Å². The van der Waals surface area contributed by atoms with Crippen LogP contribution >= 0.6 is 0 Å². The molecule has 1 aliphatic rings. The number of H-pyrrole nitrogens is 1. The summed E-state index contributed by atoms with van der Waals surface area (Å²) in [6.07, 6.45) is 0.339. The lowest BCUT2D eigenvalue weighted by Crippen LogP contribution is -2.50. The minimum absolute atomic E-state index is 0.0951. The van der Waals surface area contributed by atoms with Crippen LogP contribution in [0.3, 0.4) is 0 Å². The first-order valence-corrected chi connectivity index (χ1v) is 11.1. The molecule has 0 aliphatic carbocycles. The van der Waals surface area contributed by atoms with Gasteiger partial charge in [-0.2, -0.15) is 0 Å². The maximum atomic E-state index is 12.5. The van der Waals surface area contributed by atoms with Crippen molar-refractivity contribution >= 4 is 0 Å². The molecule has 0 amide bonds. The summed E-state index contributed by atoms with van der Waals surface area (Å²) in [4.78, 5) is 26.3. The van der Waals surface area contributed by atoms with Gasteiger partial charge in [0.1, 0.15) is 17.8 Å². The first-order chi connectivity index (χ1) is 16.5. The number of ether oxygens (including phenoxy) is 3. The average molecular weight is 465 g/mol. The fourth-order valence-electron chi connectivity index (χ4n) is 4.19. The summed E-state index contributed by atoms with van der Waals surface area (Å²) >= 11 is 0. The number of aromatic nitrogens is 2. The molecule has 178 valence electrons. The Bertz CT molecular complexity index is 1190. The molecule has 1 fully saturated rings. The highest BCUT2D eigenvalue weighted by Gasteiger charge is 2.57. The van der Waals surface area contributed by atoms with Crippen molar-refractivity contribution in [3.05, 3.63) is 118 Å². The molecule has 1 aliphatic heterocycles. The highest BCUT2D eigenvalue weighted by molar-refractivity contribution is 5.15. The summed E-state index contributed by atoms with van der Waals surface area (Å²) in [6.45, 7) is 4.48. The van der Waals surface area contributed by atoms with E-state index < -0.39 is 35.3 Å². The van der Waals surface area contributed by atoms with Gasteiger partial charge in [-0.3, -0.25) is 14.3 Å². The van der Waals surface area contributed by atoms with E-state index >= 15 is 0 Å². The predicted octanol–water partition coefficient (Wildman–Crippen LogP) is 2.54. The maximum absolute atomic E-state index is 12.5. The zero-order valence-corrected chi connectivity index (χ0v) is 18.7. The van der Waals surface area contributed by atoms with E-state index in [1.807, 2.05) is 60.7 Å². The second kappa shape index (κ2) is 10.8. The van der Waals surface area contributed by atoms with Gasteiger partial charge < -0.3 is 19.3 Å². The van der Waals surface area contributed by atoms with E-state index in [-0.39, 0.29) is 19.6 Å². The molecular weight excluding hydrogens is 436 g/mol. The van der Waals surface area contributed by atoms with Crippen molar-refractivity contribution in [3.63, 3.8) is 0 Å². The third kappa shape index (κ3) is 5.26. The highest BCUT2D eigenvalue weighted by Crippen LogP contribution is 2.42. The van der Waals surface area contributed by atoms with Crippen LogP contribution in [0.15, 0.2) is 95.2 Å². The number of aromatic amines is 1. The van der Waals surface area contributed by atoms with E-state index in [1.54, 1.807) is 6.08 Å². The highest BCUT2D eigenvalue weighted by atomic mass is 16.6. The number of benzene rings is 2. The van der Waals surface area contributed by atoms with Crippen LogP contribution in [0.2, 0.25) is 0 Å². The molecule has 8 nitrogen and oxygen atoms in total. The maximum Gasteiger partial charge on any atom is 0.330 e. The van der Waals surface area contributed by atoms with Crippen molar-refractivity contribution in [2.75, 3.05) is 6.61 Å². The van der Waals surface area contributed by atoms with Gasteiger partial charge in [0.05, 0.1) is 19.8 Å². The van der Waals surface area contributed by atoms with Crippen molar-refractivity contribution in [2.45, 2.75) is 43.7 Å². The van der Waals surface area contributed by atoms with E-state index in [0.717, 1.165) is 11.1 Å². The predicted molar refractivity (Wildman–Crippen MR) is 126 cm³/mol. The van der Waals surface area contributed by atoms with Crippen LogP contribution in [0, 0.1) is 0 Å². The second-order valence-electron chi connectivity index (χ2n) is 8.25. The van der Waals surface area contributed by atoms with Gasteiger partial charge >= 0.3 is 5.69 Å². The van der Waals surface area contributed by atoms with E-state index in [4.69, 9.17) is 14.2 Å². The molecule has 34 heavy (non-hydrogen) atoms. The van der Waals surface area contributed by atoms with Gasteiger partial charge in [0.25, 0.3) is 5.56 Å². The van der Waals surface area contributed by atoms with Crippen LogP contribution < -0.4 is 11.2 Å². The summed E-state index contributed by atoms with van der Waals surface area (Å²) < 4.78 is 19.4. The van der Waals surface area contributed by atoms with Crippen LogP contribution in [-0.4, -0.2) is 39.1 Å². The van der Waals surface area contributed by atoms with Crippen LogP contribution in [0.1, 0.15) is 23.8 Å². The normalized spacial score (nSPS) is 24.2. The molecule has 2 N–H and O–H groups in total. The molecule has 0 unspecified atom stereocenters. The van der Waals surface area contributed by atoms with Gasteiger partial charge in [0, 0.05) is 18.7 Å². The number of nitrogens with one attached hydrogen (secondary N) is 1. The minimum Gasteiger partial charge on any atom is -0.382 e. The molecule has 0 radical (unpaired) electrons. The fraction of sp³-hybridized carbons (Fsp3) is 0.308. The molecule has 4 rings (SSSR count). The Morgan fingerprint density at radius 3 is 2.29 bits per heavy atom. The molecule has 1 aromatic heterocycles. The van der Waals surface area contributed by atoms with Crippen molar-refractivity contribution in [3.8, 4) is 0 Å². The van der Waals surface area contributed by atoms with Crippen LogP contribution in [0.25, 0.3) is 0 Å². The molecule has 1 saturated heterocycles. The Kier molecular flexibility index (Phi) is 7.54. The molecule has 0 spiro atoms. The third-order valence-electron chi connectivity index (χ3n) is 5.80. The molecule has 3 aromatic rings. The Labute approximate surface area is 197 Å². The van der Waals surface area contributed by atoms with Gasteiger partial charge in [-0.15, -0.1) is 6.58 Å². The van der Waals surface area contributed by atoms with E-state index in [0.29, 0.717) is 6.61 Å². The SMILES string of the molecule is C=CC[C@@]1(O)[C@H](OCc2ccccc2)[C@@H](COCc2ccccc2)O[C@H]1n1ccc(=O)[nH]c1=O. The van der Waals surface area contributed by atoms with Crippen LogP contribution in [-0.2, 0) is 27.4 Å². The third-order valence-corrected chi connectivity index (χ3v) is 5.80. The first-order valence-electron chi connectivity index (χ1n) is 11.1. The lowest BCUT2D eigenvalue weighted by molar-refractivity contribution is -0.125. The summed E-state index contributed by atoms with van der Waals surface area (Å²) in [6, 6.07) is 20.5. The van der Waals surface area contributed by atoms with Crippen molar-refractivity contribution in [1.82, 2.24) is 9.55 Å². The summed E-state index contributed by atoms with van der Waals surface area (Å²) in [5.41, 5.74) is -0.924. The van der Waals surface area contributed by atoms with Crippen LogP contribution in [0.4, 0.5) is 0 Å². The molecule has 4 atom stereocenters. The molecule has 0 bridgehead atoms. The number of nitrogens with zero attached hydrogens (tertiary/aromatic N) is 1. The Balaban J connectivity index is 1.61. The fourth-order valence-corrected chi connectivity index (χ4v) is 4.19. The molecular formula is C26H28N2O6. The van der Waals surface area contributed by atoms with Gasteiger partial charge in [0.2, 0.25) is 0 Å². The molecule has 2 aromatic carbocycles. The smallest absolute Gasteiger partial charge is 0.330 e. The summed E-state index contributed by atoms with van der Waals surface area (Å²) in [5.74, 6) is 0. The van der Waals surface area contributed by atoms with Crippen molar-refractivity contribution in [1.29, 1.82) is 0 Å². The van der Waals surface area contributed by atoms with Gasteiger partial charge in [-0.25, -0.2) is 4.79 Å². The summed E-state index contributed by atoms with van der Waals surface area (Å²) in [5, 5.41) is 11.8. The van der Waals surface area contributed by atoms with Gasteiger partial charge in [-0.05, 0) is 11.1 Å². The topological polar surface area (TPSA) is 103 Å². The first kappa shape index (κ1) is 23.8. The zero-order valence-electron chi connectivity index (χ0n) is 18.7. The number of hydrogen-bond donors (Lipinski definition) is 2. The summed E-state index contributed by atoms with van der Waals surface area (Å²) in [7, 11) is 0. The van der Waals surface area contributed by atoms with Gasteiger partial charge in [0.15, 0.2) is 6.23 Å². The van der Waals surface area contributed by atoms with Crippen molar-refractivity contribution < 1.29 is 19.3 Å². The molecule has 0 saturated carbocycles. The Hall–Kier alpha value is -3.30.